The monoisotopic (exact) mass is 296 g/mol. The van der Waals surface area contributed by atoms with Crippen LogP contribution >= 0.6 is 0 Å². The third kappa shape index (κ3) is 2.67. The molecule has 2 unspecified atom stereocenters. The van der Waals surface area contributed by atoms with E-state index < -0.39 is 18.1 Å². The number of nitrogens with zero attached hydrogens (tertiary/aromatic N) is 2. The van der Waals surface area contributed by atoms with Gasteiger partial charge in [-0.05, 0) is 12.8 Å². The van der Waals surface area contributed by atoms with Gasteiger partial charge < -0.3 is 9.84 Å². The van der Waals surface area contributed by atoms with Gasteiger partial charge in [0.25, 0.3) is 0 Å². The minimum absolute atomic E-state index is 0.0475. The molecule has 0 aromatic rings. The summed E-state index contributed by atoms with van der Waals surface area (Å²) in [6.45, 7) is 0.932. The van der Waals surface area contributed by atoms with Crippen LogP contribution in [0.4, 0.5) is 0 Å². The third-order valence-corrected chi connectivity index (χ3v) is 4.66. The van der Waals surface area contributed by atoms with Crippen molar-refractivity contribution in [1.29, 1.82) is 0 Å². The molecular weight excluding hydrogens is 276 g/mol. The summed E-state index contributed by atoms with van der Waals surface area (Å²) in [6.07, 6.45) is 3.16. The number of carbonyl (C=O) groups excluding carboxylic acids is 2. The SMILES string of the molecule is O=C(O)C1CN(C2CC(=O)N(C3CCCC3)C2=O)CCO1. The van der Waals surface area contributed by atoms with Gasteiger partial charge in [0.15, 0.2) is 6.10 Å². The third-order valence-electron chi connectivity index (χ3n) is 4.66. The molecule has 116 valence electrons. The Labute approximate surface area is 122 Å². The van der Waals surface area contributed by atoms with Gasteiger partial charge in [0.05, 0.1) is 19.1 Å². The summed E-state index contributed by atoms with van der Waals surface area (Å²) in [4.78, 5) is 39.0. The lowest BCUT2D eigenvalue weighted by atomic mass is 10.1. The first-order chi connectivity index (χ1) is 10.1. The maximum atomic E-state index is 12.6. The number of hydrogen-bond acceptors (Lipinski definition) is 5. The standard InChI is InChI=1S/C14H20N2O5/c17-12-7-10(13(18)16(12)9-3-1-2-4-9)15-5-6-21-11(8-15)14(19)20/h9-11H,1-8H2,(H,19,20). The van der Waals surface area contributed by atoms with Crippen LogP contribution in [0.15, 0.2) is 0 Å². The van der Waals surface area contributed by atoms with Gasteiger partial charge in [0.1, 0.15) is 0 Å². The minimum atomic E-state index is -1.02. The van der Waals surface area contributed by atoms with E-state index in [4.69, 9.17) is 9.84 Å². The molecule has 0 aromatic carbocycles. The molecule has 2 heterocycles. The Kier molecular flexibility index (Phi) is 3.95. The quantitative estimate of drug-likeness (QED) is 0.728. The van der Waals surface area contributed by atoms with Crippen molar-refractivity contribution in [3.63, 3.8) is 0 Å². The van der Waals surface area contributed by atoms with E-state index in [0.717, 1.165) is 25.7 Å². The number of morpholine rings is 1. The van der Waals surface area contributed by atoms with Gasteiger partial charge in [0.2, 0.25) is 11.8 Å². The Morgan fingerprint density at radius 1 is 1.24 bits per heavy atom. The van der Waals surface area contributed by atoms with Crippen LogP contribution in [0.3, 0.4) is 0 Å². The van der Waals surface area contributed by atoms with Crippen molar-refractivity contribution >= 4 is 17.8 Å². The molecule has 0 aromatic heterocycles. The number of carboxylic acid groups (broad SMARTS) is 1. The summed E-state index contributed by atoms with van der Waals surface area (Å²) in [5, 5.41) is 9.03. The van der Waals surface area contributed by atoms with Crippen LogP contribution in [0, 0.1) is 0 Å². The van der Waals surface area contributed by atoms with Crippen LogP contribution in [0.25, 0.3) is 0 Å². The molecule has 7 nitrogen and oxygen atoms in total. The molecule has 1 saturated carbocycles. The summed E-state index contributed by atoms with van der Waals surface area (Å²) in [6, 6.07) is -0.463. The molecule has 0 radical (unpaired) electrons. The molecule has 2 saturated heterocycles. The maximum Gasteiger partial charge on any atom is 0.334 e. The predicted molar refractivity (Wildman–Crippen MR) is 71.5 cm³/mol. The van der Waals surface area contributed by atoms with E-state index in [0.29, 0.717) is 6.54 Å². The van der Waals surface area contributed by atoms with E-state index in [1.165, 1.54) is 4.90 Å². The Hall–Kier alpha value is -1.47. The van der Waals surface area contributed by atoms with Gasteiger partial charge in [-0.2, -0.15) is 0 Å². The van der Waals surface area contributed by atoms with Crippen molar-refractivity contribution in [1.82, 2.24) is 9.80 Å². The number of hydrogen-bond donors (Lipinski definition) is 1. The van der Waals surface area contributed by atoms with Crippen LogP contribution in [-0.4, -0.2) is 70.6 Å². The van der Waals surface area contributed by atoms with Crippen molar-refractivity contribution in [2.75, 3.05) is 19.7 Å². The summed E-state index contributed by atoms with van der Waals surface area (Å²) in [7, 11) is 0. The lowest BCUT2D eigenvalue weighted by molar-refractivity contribution is -0.159. The molecule has 0 spiro atoms. The lowest BCUT2D eigenvalue weighted by Crippen LogP contribution is -2.53. The molecule has 2 amide bonds. The summed E-state index contributed by atoms with van der Waals surface area (Å²) in [5.74, 6) is -1.29. The van der Waals surface area contributed by atoms with Crippen LogP contribution in [0.5, 0.6) is 0 Å². The highest BCUT2D eigenvalue weighted by Crippen LogP contribution is 2.30. The van der Waals surface area contributed by atoms with Crippen molar-refractivity contribution < 1.29 is 24.2 Å². The Bertz CT molecular complexity index is 460. The number of rotatable bonds is 3. The number of likely N-dealkylation sites (tertiary alicyclic amines) is 1. The molecule has 0 bridgehead atoms. The first-order valence-electron chi connectivity index (χ1n) is 7.52. The molecule has 1 N–H and O–H groups in total. The molecule has 3 rings (SSSR count). The molecule has 1 aliphatic carbocycles. The van der Waals surface area contributed by atoms with Gasteiger partial charge in [-0.3, -0.25) is 19.4 Å². The van der Waals surface area contributed by atoms with E-state index in [1.54, 1.807) is 4.90 Å². The Morgan fingerprint density at radius 3 is 2.62 bits per heavy atom. The fraction of sp³-hybridized carbons (Fsp3) is 0.786. The molecule has 2 atom stereocenters. The highest BCUT2D eigenvalue weighted by atomic mass is 16.5. The number of aliphatic carboxylic acids is 1. The predicted octanol–water partition coefficient (Wildman–Crippen LogP) is -0.158. The number of ether oxygens (including phenoxy) is 1. The van der Waals surface area contributed by atoms with E-state index in [1.807, 2.05) is 0 Å². The summed E-state index contributed by atoms with van der Waals surface area (Å²) >= 11 is 0. The van der Waals surface area contributed by atoms with Crippen molar-refractivity contribution in [3.05, 3.63) is 0 Å². The zero-order valence-electron chi connectivity index (χ0n) is 11.9. The second kappa shape index (κ2) is 5.73. The van der Waals surface area contributed by atoms with E-state index >= 15 is 0 Å². The molecule has 7 heteroatoms. The average molecular weight is 296 g/mol. The van der Waals surface area contributed by atoms with E-state index in [2.05, 4.69) is 0 Å². The maximum absolute atomic E-state index is 12.6. The van der Waals surface area contributed by atoms with Gasteiger partial charge in [-0.1, -0.05) is 12.8 Å². The van der Waals surface area contributed by atoms with Gasteiger partial charge in [0, 0.05) is 19.1 Å². The van der Waals surface area contributed by atoms with Crippen molar-refractivity contribution in [2.24, 2.45) is 0 Å². The second-order valence-corrected chi connectivity index (χ2v) is 5.95. The topological polar surface area (TPSA) is 87.2 Å². The highest BCUT2D eigenvalue weighted by Gasteiger charge is 2.46. The smallest absolute Gasteiger partial charge is 0.334 e. The van der Waals surface area contributed by atoms with Crippen molar-refractivity contribution in [2.45, 2.75) is 50.3 Å². The second-order valence-electron chi connectivity index (χ2n) is 5.95. The molecule has 3 aliphatic rings. The number of imide groups is 1. The largest absolute Gasteiger partial charge is 0.479 e. The zero-order chi connectivity index (χ0) is 15.0. The van der Waals surface area contributed by atoms with Crippen LogP contribution in [0.1, 0.15) is 32.1 Å². The fourth-order valence-electron chi connectivity index (χ4n) is 3.57. The van der Waals surface area contributed by atoms with Crippen LogP contribution in [0.2, 0.25) is 0 Å². The van der Waals surface area contributed by atoms with E-state index in [9.17, 15) is 14.4 Å². The fourth-order valence-corrected chi connectivity index (χ4v) is 3.57. The Morgan fingerprint density at radius 2 is 1.95 bits per heavy atom. The van der Waals surface area contributed by atoms with Crippen LogP contribution < -0.4 is 0 Å². The lowest BCUT2D eigenvalue weighted by Gasteiger charge is -2.34. The minimum Gasteiger partial charge on any atom is -0.479 e. The van der Waals surface area contributed by atoms with Crippen LogP contribution in [-0.2, 0) is 19.1 Å². The Balaban J connectivity index is 1.70. The van der Waals surface area contributed by atoms with Crippen molar-refractivity contribution in [3.8, 4) is 0 Å². The highest BCUT2D eigenvalue weighted by molar-refractivity contribution is 6.05. The molecule has 2 aliphatic heterocycles. The number of carboxylic acids is 1. The van der Waals surface area contributed by atoms with Gasteiger partial charge in [-0.15, -0.1) is 0 Å². The first-order valence-corrected chi connectivity index (χ1v) is 7.52. The first kappa shape index (κ1) is 14.5. The number of amides is 2. The summed E-state index contributed by atoms with van der Waals surface area (Å²) < 4.78 is 5.17. The van der Waals surface area contributed by atoms with Gasteiger partial charge in [-0.25, -0.2) is 4.79 Å². The average Bonchev–Trinajstić information content (AvgIpc) is 3.07. The van der Waals surface area contributed by atoms with E-state index in [-0.39, 0.29) is 37.4 Å². The molecular formula is C14H20N2O5. The molecule has 3 fully saturated rings. The summed E-state index contributed by atoms with van der Waals surface area (Å²) in [5.41, 5.74) is 0. The van der Waals surface area contributed by atoms with Gasteiger partial charge >= 0.3 is 5.97 Å². The molecule has 21 heavy (non-hydrogen) atoms. The number of carbonyl (C=O) groups is 3. The normalized spacial score (nSPS) is 32.1. The zero-order valence-corrected chi connectivity index (χ0v) is 11.9.